The fourth-order valence-electron chi connectivity index (χ4n) is 13.9. The van der Waals surface area contributed by atoms with E-state index in [-0.39, 0.29) is 24.2 Å². The van der Waals surface area contributed by atoms with E-state index in [2.05, 4.69) is 70.0 Å². The number of piperidine rings is 1. The number of likely N-dealkylation sites (tertiary alicyclic amines) is 1. The predicted octanol–water partition coefficient (Wildman–Crippen LogP) is 15.0. The Bertz CT molecular complexity index is 1460. The lowest BCUT2D eigenvalue weighted by Crippen LogP contribution is -2.51. The zero-order valence-electron chi connectivity index (χ0n) is 44.6. The van der Waals surface area contributed by atoms with Crippen molar-refractivity contribution in [2.45, 2.75) is 246 Å². The maximum Gasteiger partial charge on any atom is 0.408 e. The molecule has 1 amide bonds. The van der Waals surface area contributed by atoms with Crippen LogP contribution in [0.25, 0.3) is 0 Å². The van der Waals surface area contributed by atoms with Gasteiger partial charge in [-0.25, -0.2) is 9.59 Å². The number of fused-ring (bicyclic) bond motifs is 5. The van der Waals surface area contributed by atoms with Crippen LogP contribution in [0.2, 0.25) is 0 Å². The Morgan fingerprint density at radius 2 is 1.48 bits per heavy atom. The van der Waals surface area contributed by atoms with Crippen LogP contribution in [0.1, 0.15) is 228 Å². The molecule has 0 aromatic heterocycles. The summed E-state index contributed by atoms with van der Waals surface area (Å²) < 4.78 is 24.0. The van der Waals surface area contributed by atoms with E-state index in [1.165, 1.54) is 160 Å². The van der Waals surface area contributed by atoms with Gasteiger partial charge in [-0.05, 0) is 156 Å². The molecule has 0 radical (unpaired) electrons. The third kappa shape index (κ3) is 18.0. The standard InChI is InChI=1S/C59H104N2O6/c1-8-9-10-11-12-13-14-15-16-17-18-19-20-21-22-26-40-64-45-51(44-61-38-24-23-25-39-61)65-41-42-66-56(62)48(5)60-57(63)67-50-34-36-58(6)49(43-50)30-31-52-54-33-32-53(47(4)29-27-28-46(2)3)59(54,7)37-35-55(52)58/h15-16,30,46-48,50-55H,8-14,17-29,31-45H2,1-7H3,(H,60,63)/t47-,48-,50?,51?,52-,53+,54-,55-,58-,59+/m0/s1. The Labute approximate surface area is 412 Å². The second-order valence-corrected chi connectivity index (χ2v) is 23.5. The number of ether oxygens (including phenoxy) is 4. The minimum atomic E-state index is -0.801. The molecule has 8 nitrogen and oxygen atoms in total. The smallest absolute Gasteiger partial charge is 0.408 e. The van der Waals surface area contributed by atoms with Crippen molar-refractivity contribution in [1.29, 1.82) is 0 Å². The Hall–Kier alpha value is -1.90. The summed E-state index contributed by atoms with van der Waals surface area (Å²) >= 11 is 0. The van der Waals surface area contributed by atoms with Crippen LogP contribution in [0.4, 0.5) is 4.79 Å². The van der Waals surface area contributed by atoms with E-state index in [1.807, 2.05) is 0 Å². The van der Waals surface area contributed by atoms with Gasteiger partial charge in [0.2, 0.25) is 0 Å². The van der Waals surface area contributed by atoms with Gasteiger partial charge in [-0.15, -0.1) is 0 Å². The molecule has 3 saturated carbocycles. The number of nitrogens with zero attached hydrogens (tertiary/aromatic N) is 1. The van der Waals surface area contributed by atoms with E-state index in [1.54, 1.807) is 6.92 Å². The highest BCUT2D eigenvalue weighted by atomic mass is 16.6. The molecule has 10 atom stereocenters. The highest BCUT2D eigenvalue weighted by Gasteiger charge is 2.59. The summed E-state index contributed by atoms with van der Waals surface area (Å²) in [7, 11) is 0. The van der Waals surface area contributed by atoms with Gasteiger partial charge in [-0.2, -0.15) is 0 Å². The summed E-state index contributed by atoms with van der Waals surface area (Å²) in [5.74, 6) is 4.38. The first-order chi connectivity index (χ1) is 32.4. The van der Waals surface area contributed by atoms with Crippen molar-refractivity contribution in [3.05, 3.63) is 23.8 Å². The molecule has 386 valence electrons. The van der Waals surface area contributed by atoms with E-state index in [4.69, 9.17) is 18.9 Å². The van der Waals surface area contributed by atoms with E-state index in [0.29, 0.717) is 18.6 Å². The predicted molar refractivity (Wildman–Crippen MR) is 277 cm³/mol. The van der Waals surface area contributed by atoms with Gasteiger partial charge in [0.15, 0.2) is 0 Å². The fraction of sp³-hybridized carbons (Fsp3) is 0.898. The molecular formula is C59H104N2O6. The number of unbranched alkanes of at least 4 members (excludes halogenated alkanes) is 12. The number of nitrogens with one attached hydrogen (secondary N) is 1. The van der Waals surface area contributed by atoms with Gasteiger partial charge < -0.3 is 29.2 Å². The lowest BCUT2D eigenvalue weighted by molar-refractivity contribution is -0.148. The van der Waals surface area contributed by atoms with Crippen molar-refractivity contribution in [1.82, 2.24) is 10.2 Å². The van der Waals surface area contributed by atoms with Gasteiger partial charge in [0.05, 0.1) is 19.3 Å². The topological polar surface area (TPSA) is 86.3 Å². The van der Waals surface area contributed by atoms with Crippen molar-refractivity contribution in [2.75, 3.05) is 46.1 Å². The molecule has 4 aliphatic carbocycles. The maximum absolute atomic E-state index is 13.1. The number of amides is 1. The average molecular weight is 937 g/mol. The van der Waals surface area contributed by atoms with Crippen molar-refractivity contribution < 1.29 is 28.5 Å². The van der Waals surface area contributed by atoms with Gasteiger partial charge >= 0.3 is 12.1 Å². The molecule has 0 spiro atoms. The quantitative estimate of drug-likeness (QED) is 0.0408. The summed E-state index contributed by atoms with van der Waals surface area (Å²) in [6.07, 6.45) is 42.1. The van der Waals surface area contributed by atoms with Gasteiger partial charge in [-0.3, -0.25) is 0 Å². The number of carbonyl (C=O) groups excluding carboxylic acids is 2. The van der Waals surface area contributed by atoms with E-state index in [0.717, 1.165) is 87.4 Å². The lowest BCUT2D eigenvalue weighted by Gasteiger charge is -2.58. The average Bonchev–Trinajstić information content (AvgIpc) is 3.67. The van der Waals surface area contributed by atoms with Crippen LogP contribution in [0, 0.1) is 46.3 Å². The molecular weight excluding hydrogens is 833 g/mol. The van der Waals surface area contributed by atoms with Crippen LogP contribution in [0.3, 0.4) is 0 Å². The summed E-state index contributed by atoms with van der Waals surface area (Å²) in [6.45, 7) is 21.2. The minimum absolute atomic E-state index is 0.0644. The molecule has 1 aliphatic heterocycles. The van der Waals surface area contributed by atoms with Crippen LogP contribution in [-0.2, 0) is 23.7 Å². The number of hydrogen-bond acceptors (Lipinski definition) is 7. The highest BCUT2D eigenvalue weighted by molar-refractivity contribution is 5.80. The normalized spacial score (nSPS) is 28.9. The minimum Gasteiger partial charge on any atom is -0.462 e. The Morgan fingerprint density at radius 1 is 0.776 bits per heavy atom. The number of hydrogen-bond donors (Lipinski definition) is 1. The molecule has 0 aromatic carbocycles. The second-order valence-electron chi connectivity index (χ2n) is 23.5. The molecule has 1 N–H and O–H groups in total. The molecule has 8 heteroatoms. The first-order valence-electron chi connectivity index (χ1n) is 28.8. The summed E-state index contributed by atoms with van der Waals surface area (Å²) in [6, 6.07) is -0.801. The lowest BCUT2D eigenvalue weighted by atomic mass is 9.47. The SMILES string of the molecule is CCCCCCCCC=CCCCCCCCCOCC(CN1CCCCC1)OCCOC(=O)[C@H](C)NC(=O)OC1CC[C@@]2(C)C(=CC[C@H]3[C@@H]4CC[C@H]([C@@H](C)CCCC(C)C)[C@@]4(C)CC[C@@H]32)C1. The van der Waals surface area contributed by atoms with Crippen molar-refractivity contribution in [2.24, 2.45) is 46.3 Å². The zero-order valence-corrected chi connectivity index (χ0v) is 44.6. The van der Waals surface area contributed by atoms with Gasteiger partial charge in [-0.1, -0.05) is 149 Å². The number of carbonyl (C=O) groups is 2. The molecule has 0 aromatic rings. The van der Waals surface area contributed by atoms with E-state index in [9.17, 15) is 9.59 Å². The maximum atomic E-state index is 13.1. The third-order valence-electron chi connectivity index (χ3n) is 17.9. The van der Waals surface area contributed by atoms with Crippen molar-refractivity contribution in [3.8, 4) is 0 Å². The Morgan fingerprint density at radius 3 is 2.19 bits per heavy atom. The third-order valence-corrected chi connectivity index (χ3v) is 17.9. The first-order valence-corrected chi connectivity index (χ1v) is 28.8. The Kier molecular flexibility index (Phi) is 25.2. The zero-order chi connectivity index (χ0) is 47.9. The summed E-state index contributed by atoms with van der Waals surface area (Å²) in [5, 5.41) is 2.77. The van der Waals surface area contributed by atoms with Crippen LogP contribution < -0.4 is 5.32 Å². The molecule has 1 saturated heterocycles. The van der Waals surface area contributed by atoms with Crippen LogP contribution >= 0.6 is 0 Å². The number of allylic oxidation sites excluding steroid dienone is 3. The number of rotatable bonds is 32. The molecule has 1 heterocycles. The molecule has 4 fully saturated rings. The van der Waals surface area contributed by atoms with Crippen molar-refractivity contribution >= 4 is 12.1 Å². The van der Waals surface area contributed by atoms with Crippen molar-refractivity contribution in [3.63, 3.8) is 0 Å². The van der Waals surface area contributed by atoms with Gasteiger partial charge in [0.25, 0.3) is 0 Å². The van der Waals surface area contributed by atoms with E-state index >= 15 is 0 Å². The number of alkyl carbamates (subject to hydrolysis) is 1. The molecule has 2 unspecified atom stereocenters. The summed E-state index contributed by atoms with van der Waals surface area (Å²) in [5.41, 5.74) is 2.19. The van der Waals surface area contributed by atoms with Crippen LogP contribution in [0.15, 0.2) is 23.8 Å². The molecule has 67 heavy (non-hydrogen) atoms. The highest BCUT2D eigenvalue weighted by Crippen LogP contribution is 2.67. The van der Waals surface area contributed by atoms with Crippen LogP contribution in [-0.4, -0.2) is 81.3 Å². The van der Waals surface area contributed by atoms with Gasteiger partial charge in [0, 0.05) is 19.6 Å². The first kappa shape index (κ1) is 56.0. The van der Waals surface area contributed by atoms with Crippen LogP contribution in [0.5, 0.6) is 0 Å². The molecule has 5 aliphatic rings. The van der Waals surface area contributed by atoms with E-state index < -0.39 is 18.1 Å². The fourth-order valence-corrected chi connectivity index (χ4v) is 13.9. The Balaban J connectivity index is 0.939. The summed E-state index contributed by atoms with van der Waals surface area (Å²) in [4.78, 5) is 28.6. The number of esters is 1. The largest absolute Gasteiger partial charge is 0.462 e. The molecule has 5 rings (SSSR count). The van der Waals surface area contributed by atoms with Gasteiger partial charge in [0.1, 0.15) is 18.8 Å². The second kappa shape index (κ2) is 30.1. The monoisotopic (exact) mass is 937 g/mol. The molecule has 0 bridgehead atoms.